The molecule has 1 fully saturated rings. The number of hydrogen-bond donors (Lipinski definition) is 2. The SMILES string of the molecule is Cc1ccc(C(N)CN2CCCC(C(N)=O)C2)c(C)c1. The Balaban J connectivity index is 2.00. The predicted octanol–water partition coefficient (Wildman–Crippen LogP) is 1.50. The molecule has 1 aromatic carbocycles. The Hall–Kier alpha value is -1.39. The number of piperidine rings is 1. The maximum absolute atomic E-state index is 11.3. The van der Waals surface area contributed by atoms with Crippen LogP contribution in [-0.4, -0.2) is 30.4 Å². The number of rotatable bonds is 4. The van der Waals surface area contributed by atoms with Gasteiger partial charge in [0.2, 0.25) is 5.91 Å². The van der Waals surface area contributed by atoms with Gasteiger partial charge in [-0.05, 0) is 44.4 Å². The lowest BCUT2D eigenvalue weighted by atomic mass is 9.95. The minimum absolute atomic E-state index is 0.0118. The second kappa shape index (κ2) is 6.37. The van der Waals surface area contributed by atoms with Gasteiger partial charge < -0.3 is 16.4 Å². The van der Waals surface area contributed by atoms with Gasteiger partial charge in [0.15, 0.2) is 0 Å². The Kier molecular flexibility index (Phi) is 4.78. The largest absolute Gasteiger partial charge is 0.369 e. The molecule has 0 bridgehead atoms. The van der Waals surface area contributed by atoms with Crippen molar-refractivity contribution < 1.29 is 4.79 Å². The maximum Gasteiger partial charge on any atom is 0.221 e. The van der Waals surface area contributed by atoms with E-state index in [1.54, 1.807) is 0 Å². The van der Waals surface area contributed by atoms with Gasteiger partial charge in [-0.2, -0.15) is 0 Å². The lowest BCUT2D eigenvalue weighted by molar-refractivity contribution is -0.123. The number of likely N-dealkylation sites (tertiary alicyclic amines) is 1. The lowest BCUT2D eigenvalue weighted by Gasteiger charge is -2.33. The van der Waals surface area contributed by atoms with Crippen LogP contribution in [0.1, 0.15) is 35.6 Å². The van der Waals surface area contributed by atoms with Crippen molar-refractivity contribution >= 4 is 5.91 Å². The molecule has 110 valence electrons. The second-order valence-corrected chi connectivity index (χ2v) is 5.97. The van der Waals surface area contributed by atoms with E-state index >= 15 is 0 Å². The number of hydrogen-bond acceptors (Lipinski definition) is 3. The normalized spacial score (nSPS) is 21.6. The van der Waals surface area contributed by atoms with Crippen molar-refractivity contribution in [1.82, 2.24) is 4.90 Å². The molecule has 4 nitrogen and oxygen atoms in total. The van der Waals surface area contributed by atoms with Crippen molar-refractivity contribution in [2.75, 3.05) is 19.6 Å². The molecule has 1 aliphatic rings. The van der Waals surface area contributed by atoms with Crippen LogP contribution in [-0.2, 0) is 4.79 Å². The summed E-state index contributed by atoms with van der Waals surface area (Å²) in [5.41, 5.74) is 15.4. The molecule has 0 radical (unpaired) electrons. The van der Waals surface area contributed by atoms with Gasteiger partial charge in [0.05, 0.1) is 5.92 Å². The third kappa shape index (κ3) is 3.58. The zero-order valence-corrected chi connectivity index (χ0v) is 12.4. The third-order valence-electron chi connectivity index (χ3n) is 4.19. The van der Waals surface area contributed by atoms with E-state index in [-0.39, 0.29) is 17.9 Å². The van der Waals surface area contributed by atoms with Crippen molar-refractivity contribution in [2.24, 2.45) is 17.4 Å². The summed E-state index contributed by atoms with van der Waals surface area (Å²) in [7, 11) is 0. The zero-order valence-electron chi connectivity index (χ0n) is 12.4. The lowest BCUT2D eigenvalue weighted by Crippen LogP contribution is -2.43. The molecule has 1 saturated heterocycles. The molecular formula is C16H25N3O. The molecule has 0 aromatic heterocycles. The van der Waals surface area contributed by atoms with Crippen molar-refractivity contribution in [1.29, 1.82) is 0 Å². The van der Waals surface area contributed by atoms with Crippen LogP contribution in [0.2, 0.25) is 0 Å². The molecule has 2 atom stereocenters. The first-order chi connectivity index (χ1) is 9.47. The molecule has 2 rings (SSSR count). The van der Waals surface area contributed by atoms with Crippen molar-refractivity contribution in [2.45, 2.75) is 32.7 Å². The zero-order chi connectivity index (χ0) is 14.7. The fourth-order valence-electron chi connectivity index (χ4n) is 3.07. The van der Waals surface area contributed by atoms with Crippen molar-refractivity contribution in [3.05, 3.63) is 34.9 Å². The minimum atomic E-state index is -0.185. The number of primary amides is 1. The van der Waals surface area contributed by atoms with Crippen molar-refractivity contribution in [3.8, 4) is 0 Å². The van der Waals surface area contributed by atoms with Gasteiger partial charge in [-0.15, -0.1) is 0 Å². The van der Waals surface area contributed by atoms with Crippen LogP contribution in [0.3, 0.4) is 0 Å². The van der Waals surface area contributed by atoms with E-state index in [9.17, 15) is 4.79 Å². The molecule has 4 heteroatoms. The molecule has 0 spiro atoms. The number of carbonyl (C=O) groups excluding carboxylic acids is 1. The minimum Gasteiger partial charge on any atom is -0.369 e. The number of nitrogens with two attached hydrogens (primary N) is 2. The first kappa shape index (κ1) is 15.0. The standard InChI is InChI=1S/C16H25N3O/c1-11-5-6-14(12(2)8-11)15(17)10-19-7-3-4-13(9-19)16(18)20/h5-6,8,13,15H,3-4,7,9-10,17H2,1-2H3,(H2,18,20). The molecule has 4 N–H and O–H groups in total. The van der Waals surface area contributed by atoms with E-state index in [4.69, 9.17) is 11.5 Å². The highest BCUT2D eigenvalue weighted by Gasteiger charge is 2.25. The Morgan fingerprint density at radius 2 is 2.20 bits per heavy atom. The van der Waals surface area contributed by atoms with Crippen LogP contribution in [0.4, 0.5) is 0 Å². The van der Waals surface area contributed by atoms with E-state index in [0.29, 0.717) is 0 Å². The van der Waals surface area contributed by atoms with E-state index in [1.165, 1.54) is 16.7 Å². The summed E-state index contributed by atoms with van der Waals surface area (Å²) in [6, 6.07) is 6.37. The van der Waals surface area contributed by atoms with Crippen LogP contribution in [0.25, 0.3) is 0 Å². The molecule has 2 unspecified atom stereocenters. The average Bonchev–Trinajstić information content (AvgIpc) is 2.38. The fourth-order valence-corrected chi connectivity index (χ4v) is 3.07. The Morgan fingerprint density at radius 3 is 2.85 bits per heavy atom. The first-order valence-corrected chi connectivity index (χ1v) is 7.31. The van der Waals surface area contributed by atoms with Gasteiger partial charge >= 0.3 is 0 Å². The van der Waals surface area contributed by atoms with Crippen LogP contribution in [0.5, 0.6) is 0 Å². The number of nitrogens with zero attached hydrogens (tertiary/aromatic N) is 1. The van der Waals surface area contributed by atoms with Crippen LogP contribution in [0, 0.1) is 19.8 Å². The summed E-state index contributed by atoms with van der Waals surface area (Å²) in [5, 5.41) is 0. The molecule has 0 saturated carbocycles. The summed E-state index contributed by atoms with van der Waals surface area (Å²) in [6.45, 7) is 6.72. The molecule has 1 aromatic rings. The van der Waals surface area contributed by atoms with Gasteiger partial charge in [0.25, 0.3) is 0 Å². The Bertz CT molecular complexity index is 487. The average molecular weight is 275 g/mol. The number of amides is 1. The topological polar surface area (TPSA) is 72.3 Å². The summed E-state index contributed by atoms with van der Waals surface area (Å²) < 4.78 is 0. The third-order valence-corrected chi connectivity index (χ3v) is 4.19. The van der Waals surface area contributed by atoms with Crippen LogP contribution < -0.4 is 11.5 Å². The summed E-state index contributed by atoms with van der Waals surface area (Å²) >= 11 is 0. The van der Waals surface area contributed by atoms with Crippen LogP contribution in [0.15, 0.2) is 18.2 Å². The highest BCUT2D eigenvalue weighted by atomic mass is 16.1. The molecule has 20 heavy (non-hydrogen) atoms. The Labute approximate surface area is 121 Å². The molecular weight excluding hydrogens is 250 g/mol. The Morgan fingerprint density at radius 1 is 1.45 bits per heavy atom. The van der Waals surface area contributed by atoms with E-state index in [0.717, 1.165) is 32.5 Å². The highest BCUT2D eigenvalue weighted by Crippen LogP contribution is 2.21. The van der Waals surface area contributed by atoms with E-state index < -0.39 is 0 Å². The maximum atomic E-state index is 11.3. The number of aryl methyl sites for hydroxylation is 2. The van der Waals surface area contributed by atoms with Crippen molar-refractivity contribution in [3.63, 3.8) is 0 Å². The molecule has 1 aliphatic heterocycles. The van der Waals surface area contributed by atoms with Gasteiger partial charge in [0, 0.05) is 19.1 Å². The van der Waals surface area contributed by atoms with E-state index in [1.807, 2.05) is 0 Å². The summed E-state index contributed by atoms with van der Waals surface area (Å²) in [6.07, 6.45) is 1.93. The molecule has 1 amide bonds. The smallest absolute Gasteiger partial charge is 0.221 e. The second-order valence-electron chi connectivity index (χ2n) is 5.97. The van der Waals surface area contributed by atoms with Gasteiger partial charge in [-0.1, -0.05) is 23.8 Å². The highest BCUT2D eigenvalue weighted by molar-refractivity contribution is 5.76. The van der Waals surface area contributed by atoms with Gasteiger partial charge in [-0.25, -0.2) is 0 Å². The predicted molar refractivity (Wildman–Crippen MR) is 81.2 cm³/mol. The molecule has 0 aliphatic carbocycles. The monoisotopic (exact) mass is 275 g/mol. The number of benzene rings is 1. The number of carbonyl (C=O) groups is 1. The van der Waals surface area contributed by atoms with Gasteiger partial charge in [0.1, 0.15) is 0 Å². The van der Waals surface area contributed by atoms with Gasteiger partial charge in [-0.3, -0.25) is 4.79 Å². The fraction of sp³-hybridized carbons (Fsp3) is 0.562. The summed E-state index contributed by atoms with van der Waals surface area (Å²) in [5.74, 6) is -0.204. The molecule has 1 heterocycles. The quantitative estimate of drug-likeness (QED) is 0.874. The first-order valence-electron chi connectivity index (χ1n) is 7.31. The summed E-state index contributed by atoms with van der Waals surface area (Å²) in [4.78, 5) is 13.6. The van der Waals surface area contributed by atoms with E-state index in [2.05, 4.69) is 36.9 Å². The van der Waals surface area contributed by atoms with Crippen LogP contribution >= 0.6 is 0 Å².